The molecule has 0 aliphatic carbocycles. The summed E-state index contributed by atoms with van der Waals surface area (Å²) in [5.74, 6) is -8.86. The van der Waals surface area contributed by atoms with Crippen molar-refractivity contribution in [2.24, 2.45) is 0 Å². The Kier molecular flexibility index (Phi) is 19.0. The number of amides is 8. The Morgan fingerprint density at radius 3 is 0.856 bits per heavy atom. The Bertz CT molecular complexity index is 3710. The van der Waals surface area contributed by atoms with Gasteiger partial charge in [0.05, 0.1) is 14.2 Å². The van der Waals surface area contributed by atoms with Crippen LogP contribution in [0.25, 0.3) is 10.8 Å². The largest absolute Gasteiger partial charge is 0.508 e. The number of ether oxygens (including phenoxy) is 2. The van der Waals surface area contributed by atoms with Crippen LogP contribution in [0.15, 0.2) is 194 Å². The van der Waals surface area contributed by atoms with E-state index in [0.29, 0.717) is 33.4 Å². The molecule has 2 aliphatic rings. The van der Waals surface area contributed by atoms with E-state index in [2.05, 4.69) is 21.3 Å². The number of methoxy groups -OCH3 is 2. The molecule has 0 fully saturated rings. The van der Waals surface area contributed by atoms with Gasteiger partial charge in [-0.2, -0.15) is 0 Å². The summed E-state index contributed by atoms with van der Waals surface area (Å²) >= 11 is 0. The maximum Gasteiger partial charge on any atom is 0.328 e. The second kappa shape index (κ2) is 27.6. The van der Waals surface area contributed by atoms with Gasteiger partial charge in [0.15, 0.2) is 0 Å². The molecule has 10 rings (SSSR count). The van der Waals surface area contributed by atoms with Crippen LogP contribution >= 0.6 is 0 Å². The number of nitrogens with zero attached hydrogens (tertiary/aromatic N) is 2. The number of aromatic hydroxyl groups is 2. The molecule has 8 amide bonds. The zero-order chi connectivity index (χ0) is 63.6. The molecule has 0 bridgehead atoms. The highest BCUT2D eigenvalue weighted by molar-refractivity contribution is 6.34. The first kappa shape index (κ1) is 61.8. The predicted octanol–water partition coefficient (Wildman–Crippen LogP) is 5.92. The number of rotatable bonds is 24. The molecule has 90 heavy (non-hydrogen) atoms. The molecule has 0 aromatic heterocycles. The van der Waals surface area contributed by atoms with Gasteiger partial charge in [-0.25, -0.2) is 9.59 Å². The second-order valence-corrected chi connectivity index (χ2v) is 21.9. The molecule has 2 aliphatic heterocycles. The van der Waals surface area contributed by atoms with Crippen molar-refractivity contribution < 1.29 is 67.6 Å². The van der Waals surface area contributed by atoms with Crippen LogP contribution in [-0.2, 0) is 76.8 Å². The van der Waals surface area contributed by atoms with Gasteiger partial charge in [-0.15, -0.1) is 0 Å². The highest BCUT2D eigenvalue weighted by Gasteiger charge is 2.47. The zero-order valence-electron chi connectivity index (χ0n) is 48.9. The quantitative estimate of drug-likeness (QED) is 0.0303. The van der Waals surface area contributed by atoms with Gasteiger partial charge in [0, 0.05) is 71.6 Å². The first-order chi connectivity index (χ1) is 43.5. The number of phenolic OH excluding ortho intramolecular Hbond substituents is 2. The number of hydrogen-bond acceptors (Lipinski definition) is 14. The summed E-state index contributed by atoms with van der Waals surface area (Å²) in [6.07, 6.45) is -0.770. The molecule has 0 unspecified atom stereocenters. The SMILES string of the molecule is COC(=O)[C@H](Cc1ccc(O)cc1)NC(=O)[C@H](Cc1ccccc1)NC(=O)[C@H](Cc1ccccc1)N1C(=O)c2ccc3c4c(ccc(c24)C1=O)C(=O)N([C@@H](Cc1ccccc1)C(=O)N[C@@H](Cc1ccccc1)C(=O)N[C@@H](Cc1ccc(O)cc1)C(=O)OC)C3=O. The Labute approximate surface area is 516 Å². The van der Waals surface area contributed by atoms with E-state index in [0.717, 1.165) is 24.0 Å². The molecule has 8 aromatic carbocycles. The third-order valence-electron chi connectivity index (χ3n) is 15.9. The van der Waals surface area contributed by atoms with Crippen molar-refractivity contribution in [1.82, 2.24) is 31.1 Å². The maximum atomic E-state index is 15.3. The van der Waals surface area contributed by atoms with Crippen LogP contribution in [0, 0.1) is 0 Å². The number of esters is 2. The van der Waals surface area contributed by atoms with E-state index < -0.39 is 95.4 Å². The minimum Gasteiger partial charge on any atom is -0.508 e. The average Bonchev–Trinajstić information content (AvgIpc) is 0.714. The Balaban J connectivity index is 0.967. The van der Waals surface area contributed by atoms with E-state index in [4.69, 9.17) is 9.47 Å². The fourth-order valence-electron chi connectivity index (χ4n) is 11.4. The van der Waals surface area contributed by atoms with Crippen molar-refractivity contribution in [3.8, 4) is 11.5 Å². The van der Waals surface area contributed by atoms with Crippen LogP contribution in [0.5, 0.6) is 11.5 Å². The zero-order valence-corrected chi connectivity index (χ0v) is 48.9. The van der Waals surface area contributed by atoms with Gasteiger partial charge in [0.2, 0.25) is 23.6 Å². The number of benzene rings is 8. The first-order valence-electron chi connectivity index (χ1n) is 28.9. The van der Waals surface area contributed by atoms with Crippen molar-refractivity contribution in [3.63, 3.8) is 0 Å². The van der Waals surface area contributed by atoms with E-state index in [1.54, 1.807) is 146 Å². The molecule has 20 nitrogen and oxygen atoms in total. The molecule has 0 saturated carbocycles. The molecule has 6 atom stereocenters. The van der Waals surface area contributed by atoms with Crippen LogP contribution in [0.1, 0.15) is 74.8 Å². The summed E-state index contributed by atoms with van der Waals surface area (Å²) in [5.41, 5.74) is 2.90. The van der Waals surface area contributed by atoms with E-state index in [-0.39, 0.29) is 83.1 Å². The summed E-state index contributed by atoms with van der Waals surface area (Å²) < 4.78 is 10.1. The normalized spacial score (nSPS) is 14.5. The number of phenols is 2. The molecule has 2 heterocycles. The molecular formula is C70H62N6O14. The van der Waals surface area contributed by atoms with E-state index in [1.807, 2.05) is 0 Å². The summed E-state index contributed by atoms with van der Waals surface area (Å²) in [6, 6.07) is 43.3. The number of carbonyl (C=O) groups excluding carboxylic acids is 10. The second-order valence-electron chi connectivity index (χ2n) is 21.9. The number of nitrogens with one attached hydrogen (secondary N) is 4. The summed E-state index contributed by atoms with van der Waals surface area (Å²) in [7, 11) is 2.32. The Morgan fingerprint density at radius 2 is 0.578 bits per heavy atom. The Morgan fingerprint density at radius 1 is 0.333 bits per heavy atom. The van der Waals surface area contributed by atoms with Gasteiger partial charge in [0.1, 0.15) is 47.8 Å². The fourth-order valence-corrected chi connectivity index (χ4v) is 11.4. The van der Waals surface area contributed by atoms with Gasteiger partial charge in [-0.1, -0.05) is 146 Å². The molecule has 0 saturated heterocycles. The molecule has 6 N–H and O–H groups in total. The van der Waals surface area contributed by atoms with Gasteiger partial charge in [0.25, 0.3) is 23.6 Å². The van der Waals surface area contributed by atoms with Crippen LogP contribution in [-0.4, -0.2) is 130 Å². The van der Waals surface area contributed by atoms with E-state index in [9.17, 15) is 29.4 Å². The number of carbonyl (C=O) groups is 10. The molecule has 8 aromatic rings. The van der Waals surface area contributed by atoms with Crippen LogP contribution in [0.3, 0.4) is 0 Å². The lowest BCUT2D eigenvalue weighted by Gasteiger charge is -2.37. The highest BCUT2D eigenvalue weighted by atomic mass is 16.5. The lowest BCUT2D eigenvalue weighted by atomic mass is 9.84. The first-order valence-corrected chi connectivity index (χ1v) is 28.9. The number of imide groups is 2. The molecule has 456 valence electrons. The molecular weight excluding hydrogens is 1150 g/mol. The van der Waals surface area contributed by atoms with Crippen LogP contribution in [0.4, 0.5) is 0 Å². The molecule has 0 radical (unpaired) electrons. The van der Waals surface area contributed by atoms with Gasteiger partial charge >= 0.3 is 11.9 Å². The lowest BCUT2D eigenvalue weighted by Crippen LogP contribution is -2.60. The Hall–Kier alpha value is -11.3. The van der Waals surface area contributed by atoms with Gasteiger partial charge in [-0.3, -0.25) is 48.2 Å². The summed E-state index contributed by atoms with van der Waals surface area (Å²) in [6.45, 7) is 0. The average molecular weight is 1210 g/mol. The van der Waals surface area contributed by atoms with Crippen LogP contribution < -0.4 is 21.3 Å². The van der Waals surface area contributed by atoms with Crippen LogP contribution in [0.2, 0.25) is 0 Å². The summed E-state index contributed by atoms with van der Waals surface area (Å²) in [4.78, 5) is 148. The van der Waals surface area contributed by atoms with E-state index in [1.165, 1.54) is 48.5 Å². The van der Waals surface area contributed by atoms with Crippen molar-refractivity contribution >= 4 is 70.0 Å². The predicted molar refractivity (Wildman–Crippen MR) is 328 cm³/mol. The topological polar surface area (TPSA) is 284 Å². The minimum absolute atomic E-state index is 0.0128. The molecule has 0 spiro atoms. The minimum atomic E-state index is -1.63. The van der Waals surface area contributed by atoms with Crippen molar-refractivity contribution in [2.45, 2.75) is 74.8 Å². The van der Waals surface area contributed by atoms with Gasteiger partial charge < -0.3 is 41.0 Å². The number of hydrogen-bond donors (Lipinski definition) is 6. The third kappa shape index (κ3) is 13.8. The third-order valence-corrected chi connectivity index (χ3v) is 15.9. The molecule has 20 heteroatoms. The summed E-state index contributed by atoms with van der Waals surface area (Å²) in [5, 5.41) is 30.7. The lowest BCUT2D eigenvalue weighted by molar-refractivity contribution is -0.145. The van der Waals surface area contributed by atoms with Crippen molar-refractivity contribution in [1.29, 1.82) is 0 Å². The van der Waals surface area contributed by atoms with Crippen molar-refractivity contribution in [2.75, 3.05) is 14.2 Å². The highest BCUT2D eigenvalue weighted by Crippen LogP contribution is 2.40. The van der Waals surface area contributed by atoms with E-state index >= 15 is 28.8 Å². The standard InChI is InChI=1S/C70H62N6O14/c1-89-69(87)55(37-45-23-27-47(77)28-24-45)73-61(79)53(35-41-15-7-3-8-16-41)71-63(81)57(39-43-19-11-5-12-20-43)75-65(83)49-31-33-51-60-52(34-32-50(59(49)60)66(75)84)68(86)76(67(51)85)58(40-44-21-13-6-14-22-44)64(82)72-54(36-42-17-9-4-10-18-42)62(80)74-56(70(88)90-2)38-46-25-29-48(78)30-26-46/h3-34,53-58,77-78H,35-40H2,1-2H3,(H,71,81)(H,72,82)(H,73,79)(H,74,80)/t53-,54-,55-,56-,57-,58-/m0/s1. The monoisotopic (exact) mass is 1210 g/mol. The maximum absolute atomic E-state index is 15.3. The van der Waals surface area contributed by atoms with Gasteiger partial charge in [-0.05, 0) is 81.9 Å². The van der Waals surface area contributed by atoms with Crippen molar-refractivity contribution in [3.05, 3.63) is 250 Å². The fraction of sp³-hybridized carbons (Fsp3) is 0.200. The smallest absolute Gasteiger partial charge is 0.328 e.